The maximum absolute atomic E-state index is 11.7. The number of hydrogen-bond donors (Lipinski definition) is 3. The van der Waals surface area contributed by atoms with Gasteiger partial charge in [-0.15, -0.1) is 11.8 Å². The minimum Gasteiger partial charge on any atom is -0.378 e. The highest BCUT2D eigenvalue weighted by Gasteiger charge is 2.03. The first kappa shape index (κ1) is 27.1. The van der Waals surface area contributed by atoms with E-state index in [2.05, 4.69) is 29.3 Å². The number of carbonyl (C=O) groups is 2. The Kier molecular flexibility index (Phi) is 20.2. The minimum atomic E-state index is 0.0431. The lowest BCUT2D eigenvalue weighted by Crippen LogP contribution is -2.27. The van der Waals surface area contributed by atoms with Gasteiger partial charge in [0, 0.05) is 25.3 Å². The molecule has 166 valence electrons. The number of ether oxygens (including phenoxy) is 2. The second-order valence-corrected chi connectivity index (χ2v) is 7.95. The van der Waals surface area contributed by atoms with Crippen LogP contribution in [-0.4, -0.2) is 69.4 Å². The Balaban J connectivity index is 3.28. The maximum atomic E-state index is 11.7. The zero-order valence-corrected chi connectivity index (χ0v) is 18.3. The second-order valence-electron chi connectivity index (χ2n) is 6.84. The van der Waals surface area contributed by atoms with Crippen molar-refractivity contribution >= 4 is 23.6 Å². The molecule has 0 bridgehead atoms. The summed E-state index contributed by atoms with van der Waals surface area (Å²) in [6.07, 6.45) is 4.28. The van der Waals surface area contributed by atoms with Crippen molar-refractivity contribution in [2.24, 2.45) is 11.8 Å². The van der Waals surface area contributed by atoms with E-state index in [1.54, 1.807) is 11.8 Å². The van der Waals surface area contributed by atoms with Gasteiger partial charge in [-0.3, -0.25) is 9.59 Å². The van der Waals surface area contributed by atoms with Gasteiger partial charge in [-0.05, 0) is 25.2 Å². The fourth-order valence-corrected chi connectivity index (χ4v) is 2.83. The zero-order chi connectivity index (χ0) is 20.9. The SMILES string of the molecule is CC(C)CCNC(=O)CCCCCNC(=O)CSCCOCCOCCON. The second kappa shape index (κ2) is 20.9. The third kappa shape index (κ3) is 21.4. The molecule has 28 heavy (non-hydrogen) atoms. The average molecular weight is 422 g/mol. The van der Waals surface area contributed by atoms with Crippen LogP contribution >= 0.6 is 11.8 Å². The summed E-state index contributed by atoms with van der Waals surface area (Å²) < 4.78 is 10.6. The molecule has 0 rings (SSSR count). The summed E-state index contributed by atoms with van der Waals surface area (Å²) in [6, 6.07) is 0. The molecule has 0 heterocycles. The standard InChI is InChI=1S/C19H39N3O5S/c1-17(2)7-9-22-18(23)6-4-3-5-8-21-19(24)16-28-15-14-26-11-10-25-12-13-27-20/h17H,3-16,20H2,1-2H3,(H,21,24)(H,22,23). The largest absolute Gasteiger partial charge is 0.378 e. The van der Waals surface area contributed by atoms with Crippen molar-refractivity contribution in [2.75, 3.05) is 57.6 Å². The minimum absolute atomic E-state index is 0.0431. The number of unbranched alkanes of at least 4 members (excludes halogenated alkanes) is 2. The number of nitrogens with one attached hydrogen (secondary N) is 2. The van der Waals surface area contributed by atoms with Gasteiger partial charge in [0.25, 0.3) is 0 Å². The van der Waals surface area contributed by atoms with Crippen molar-refractivity contribution in [1.29, 1.82) is 0 Å². The first-order valence-electron chi connectivity index (χ1n) is 10.1. The van der Waals surface area contributed by atoms with Gasteiger partial charge in [0.1, 0.15) is 0 Å². The van der Waals surface area contributed by atoms with E-state index in [0.717, 1.165) is 38.0 Å². The van der Waals surface area contributed by atoms with Crippen LogP contribution in [0.25, 0.3) is 0 Å². The van der Waals surface area contributed by atoms with E-state index >= 15 is 0 Å². The number of amides is 2. The van der Waals surface area contributed by atoms with Crippen molar-refractivity contribution in [3.05, 3.63) is 0 Å². The highest BCUT2D eigenvalue weighted by molar-refractivity contribution is 7.99. The Labute approximate surface area is 173 Å². The molecule has 0 saturated heterocycles. The smallest absolute Gasteiger partial charge is 0.229 e. The van der Waals surface area contributed by atoms with E-state index in [1.165, 1.54) is 0 Å². The molecule has 8 nitrogen and oxygen atoms in total. The third-order valence-electron chi connectivity index (χ3n) is 3.77. The predicted octanol–water partition coefficient (Wildman–Crippen LogP) is 1.48. The van der Waals surface area contributed by atoms with E-state index in [0.29, 0.717) is 57.7 Å². The Morgan fingerprint density at radius 3 is 2.29 bits per heavy atom. The highest BCUT2D eigenvalue weighted by Crippen LogP contribution is 2.02. The molecule has 0 unspecified atom stereocenters. The molecule has 9 heteroatoms. The lowest BCUT2D eigenvalue weighted by molar-refractivity contribution is -0.121. The molecule has 0 atom stereocenters. The molecule has 0 spiro atoms. The lowest BCUT2D eigenvalue weighted by Gasteiger charge is -2.08. The van der Waals surface area contributed by atoms with Crippen LogP contribution in [0, 0.1) is 5.92 Å². The van der Waals surface area contributed by atoms with Crippen LogP contribution in [0.15, 0.2) is 0 Å². The Bertz CT molecular complexity index is 387. The van der Waals surface area contributed by atoms with E-state index < -0.39 is 0 Å². The van der Waals surface area contributed by atoms with E-state index in [9.17, 15) is 9.59 Å². The van der Waals surface area contributed by atoms with Gasteiger partial charge in [-0.2, -0.15) is 0 Å². The topological polar surface area (TPSA) is 112 Å². The molecule has 0 saturated carbocycles. The first-order valence-corrected chi connectivity index (χ1v) is 11.3. The van der Waals surface area contributed by atoms with Crippen molar-refractivity contribution in [3.8, 4) is 0 Å². The molecule has 0 radical (unpaired) electrons. The van der Waals surface area contributed by atoms with E-state index in [1.807, 2.05) is 0 Å². The molecule has 0 aliphatic rings. The van der Waals surface area contributed by atoms with Crippen LogP contribution in [0.4, 0.5) is 0 Å². The fourth-order valence-electron chi connectivity index (χ4n) is 2.17. The number of nitrogens with two attached hydrogens (primary N) is 1. The summed E-state index contributed by atoms with van der Waals surface area (Å²) in [4.78, 5) is 27.7. The average Bonchev–Trinajstić information content (AvgIpc) is 2.65. The first-order chi connectivity index (χ1) is 13.6. The van der Waals surface area contributed by atoms with Crippen LogP contribution < -0.4 is 16.5 Å². The highest BCUT2D eigenvalue weighted by atomic mass is 32.2. The van der Waals surface area contributed by atoms with Crippen molar-refractivity contribution in [2.45, 2.75) is 46.0 Å². The third-order valence-corrected chi connectivity index (χ3v) is 4.69. The van der Waals surface area contributed by atoms with Crippen molar-refractivity contribution in [1.82, 2.24) is 10.6 Å². The quantitative estimate of drug-likeness (QED) is 0.202. The maximum Gasteiger partial charge on any atom is 0.229 e. The van der Waals surface area contributed by atoms with Gasteiger partial charge >= 0.3 is 0 Å². The molecular weight excluding hydrogens is 382 g/mol. The fraction of sp³-hybridized carbons (Fsp3) is 0.895. The molecule has 4 N–H and O–H groups in total. The van der Waals surface area contributed by atoms with Crippen molar-refractivity contribution < 1.29 is 23.9 Å². The van der Waals surface area contributed by atoms with Crippen LogP contribution in [0.2, 0.25) is 0 Å². The van der Waals surface area contributed by atoms with Crippen LogP contribution in [0.3, 0.4) is 0 Å². The van der Waals surface area contributed by atoms with Crippen LogP contribution in [0.1, 0.15) is 46.0 Å². The molecule has 0 aromatic heterocycles. The molecule has 0 fully saturated rings. The van der Waals surface area contributed by atoms with Crippen LogP contribution in [0.5, 0.6) is 0 Å². The number of hydrogen-bond acceptors (Lipinski definition) is 7. The Hall–Kier alpha value is -0.870. The zero-order valence-electron chi connectivity index (χ0n) is 17.5. The lowest BCUT2D eigenvalue weighted by atomic mass is 10.1. The summed E-state index contributed by atoms with van der Waals surface area (Å²) in [5.41, 5.74) is 0. The number of carbonyl (C=O) groups excluding carboxylic acids is 2. The summed E-state index contributed by atoms with van der Waals surface area (Å²) in [6.45, 7) is 8.16. The Morgan fingerprint density at radius 1 is 0.893 bits per heavy atom. The van der Waals surface area contributed by atoms with Crippen molar-refractivity contribution in [3.63, 3.8) is 0 Å². The summed E-state index contributed by atoms with van der Waals surface area (Å²) in [5.74, 6) is 6.85. The molecule has 0 aromatic rings. The molecule has 0 aromatic carbocycles. The van der Waals surface area contributed by atoms with E-state index in [-0.39, 0.29) is 11.8 Å². The number of thioether (sulfide) groups is 1. The molecule has 0 aliphatic heterocycles. The molecular formula is C19H39N3O5S. The van der Waals surface area contributed by atoms with Gasteiger partial charge in [0.05, 0.1) is 38.8 Å². The number of rotatable bonds is 20. The summed E-state index contributed by atoms with van der Waals surface area (Å²) >= 11 is 1.55. The normalized spacial score (nSPS) is 11.0. The molecule has 2 amide bonds. The van der Waals surface area contributed by atoms with Crippen LogP contribution in [-0.2, 0) is 23.9 Å². The van der Waals surface area contributed by atoms with Gasteiger partial charge in [0.2, 0.25) is 11.8 Å². The predicted molar refractivity (Wildman–Crippen MR) is 113 cm³/mol. The van der Waals surface area contributed by atoms with Gasteiger partial charge in [-0.1, -0.05) is 20.3 Å². The summed E-state index contributed by atoms with van der Waals surface area (Å²) in [7, 11) is 0. The van der Waals surface area contributed by atoms with Gasteiger partial charge < -0.3 is 24.9 Å². The monoisotopic (exact) mass is 421 g/mol. The van der Waals surface area contributed by atoms with E-state index in [4.69, 9.17) is 15.4 Å². The van der Waals surface area contributed by atoms with Gasteiger partial charge in [-0.25, -0.2) is 5.90 Å². The molecule has 0 aliphatic carbocycles. The summed E-state index contributed by atoms with van der Waals surface area (Å²) in [5, 5.41) is 5.84. The Morgan fingerprint density at radius 2 is 1.57 bits per heavy atom. The van der Waals surface area contributed by atoms with Gasteiger partial charge in [0.15, 0.2) is 0 Å².